The molecule has 0 aliphatic heterocycles. The van der Waals surface area contributed by atoms with Crippen molar-refractivity contribution >= 4 is 29.0 Å². The Bertz CT molecular complexity index is 556. The van der Waals surface area contributed by atoms with E-state index in [2.05, 4.69) is 36.3 Å². The maximum absolute atomic E-state index is 6.00. The second-order valence-corrected chi connectivity index (χ2v) is 5.99. The average molecular weight is 284 g/mol. The molecular weight excluding hydrogens is 269 g/mol. The molecule has 0 unspecified atom stereocenters. The van der Waals surface area contributed by atoms with E-state index in [1.165, 1.54) is 0 Å². The second-order valence-electron chi connectivity index (χ2n) is 5.17. The molecule has 1 aromatic carbocycles. The molecule has 0 atom stereocenters. The number of hydrogen-bond donors (Lipinski definition) is 2. The van der Waals surface area contributed by atoms with Crippen molar-refractivity contribution < 1.29 is 0 Å². The molecule has 2 aromatic rings. The van der Waals surface area contributed by atoms with E-state index in [9.17, 15) is 0 Å². The summed E-state index contributed by atoms with van der Waals surface area (Å²) < 4.78 is 0. The third-order valence-corrected chi connectivity index (χ3v) is 3.05. The van der Waals surface area contributed by atoms with E-state index in [4.69, 9.17) is 23.2 Å². The van der Waals surface area contributed by atoms with Gasteiger partial charge in [0.05, 0.1) is 15.7 Å². The molecule has 0 saturated carbocycles. The van der Waals surface area contributed by atoms with Gasteiger partial charge in [0.2, 0.25) is 0 Å². The van der Waals surface area contributed by atoms with E-state index in [0.717, 1.165) is 17.1 Å². The number of H-pyrrole nitrogens is 1. The molecule has 0 amide bonds. The predicted molar refractivity (Wildman–Crippen MR) is 77.4 cm³/mol. The molecule has 0 spiro atoms. The summed E-state index contributed by atoms with van der Waals surface area (Å²) in [5, 5.41) is 11.6. The van der Waals surface area contributed by atoms with Crippen LogP contribution in [0.4, 0.5) is 5.82 Å². The predicted octanol–water partition coefficient (Wildman–Crippen LogP) is 4.59. The number of halogens is 2. The van der Waals surface area contributed by atoms with Crippen LogP contribution < -0.4 is 5.32 Å². The summed E-state index contributed by atoms with van der Waals surface area (Å²) in [6, 6.07) is 7.45. The van der Waals surface area contributed by atoms with Gasteiger partial charge in [0.1, 0.15) is 5.82 Å². The van der Waals surface area contributed by atoms with Gasteiger partial charge < -0.3 is 5.32 Å². The highest BCUT2D eigenvalue weighted by atomic mass is 35.5. The van der Waals surface area contributed by atoms with Crippen molar-refractivity contribution in [1.82, 2.24) is 10.2 Å². The normalized spacial score (nSPS) is 11.6. The number of anilines is 1. The van der Waals surface area contributed by atoms with Crippen LogP contribution in [-0.4, -0.2) is 15.7 Å². The van der Waals surface area contributed by atoms with Crippen LogP contribution in [0.5, 0.6) is 0 Å². The lowest BCUT2D eigenvalue weighted by atomic mass is 10.1. The summed E-state index contributed by atoms with van der Waals surface area (Å²) >= 11 is 11.9. The number of rotatable bonds is 2. The fourth-order valence-electron chi connectivity index (χ4n) is 1.58. The van der Waals surface area contributed by atoms with Gasteiger partial charge in [0.15, 0.2) is 0 Å². The number of nitrogens with one attached hydrogen (secondary N) is 2. The van der Waals surface area contributed by atoms with Crippen molar-refractivity contribution in [2.75, 3.05) is 5.32 Å². The van der Waals surface area contributed by atoms with Crippen LogP contribution in [0.3, 0.4) is 0 Å². The largest absolute Gasteiger partial charge is 0.364 e. The molecule has 0 fully saturated rings. The maximum atomic E-state index is 6.00. The fourth-order valence-corrected chi connectivity index (χ4v) is 1.88. The van der Waals surface area contributed by atoms with Gasteiger partial charge in [0, 0.05) is 17.2 Å². The Morgan fingerprint density at radius 2 is 1.83 bits per heavy atom. The Labute approximate surface area is 117 Å². The molecule has 5 heteroatoms. The molecule has 0 aliphatic carbocycles. The summed E-state index contributed by atoms with van der Waals surface area (Å²) in [7, 11) is 0. The van der Waals surface area contributed by atoms with Crippen molar-refractivity contribution in [3.8, 4) is 11.3 Å². The molecule has 2 N–H and O–H groups in total. The quantitative estimate of drug-likeness (QED) is 0.846. The van der Waals surface area contributed by atoms with Gasteiger partial charge in [0.25, 0.3) is 0 Å². The van der Waals surface area contributed by atoms with E-state index < -0.39 is 0 Å². The van der Waals surface area contributed by atoms with E-state index in [1.54, 1.807) is 6.07 Å². The number of aromatic amines is 1. The van der Waals surface area contributed by atoms with Crippen molar-refractivity contribution in [2.45, 2.75) is 26.3 Å². The first-order chi connectivity index (χ1) is 8.35. The Hall–Kier alpha value is -1.19. The first-order valence-corrected chi connectivity index (χ1v) is 6.40. The topological polar surface area (TPSA) is 40.7 Å². The second kappa shape index (κ2) is 4.82. The van der Waals surface area contributed by atoms with Gasteiger partial charge in [-0.2, -0.15) is 5.10 Å². The fraction of sp³-hybridized carbons (Fsp3) is 0.308. The summed E-state index contributed by atoms with van der Waals surface area (Å²) in [4.78, 5) is 0. The van der Waals surface area contributed by atoms with Gasteiger partial charge >= 0.3 is 0 Å². The van der Waals surface area contributed by atoms with Crippen molar-refractivity contribution in [1.29, 1.82) is 0 Å². The Balaban J connectivity index is 2.26. The van der Waals surface area contributed by atoms with Crippen LogP contribution in [0.15, 0.2) is 24.3 Å². The first kappa shape index (κ1) is 13.2. The Morgan fingerprint density at radius 3 is 2.44 bits per heavy atom. The molecule has 3 nitrogen and oxygen atoms in total. The minimum absolute atomic E-state index is 0.0237. The van der Waals surface area contributed by atoms with Crippen molar-refractivity contribution in [3.63, 3.8) is 0 Å². The summed E-state index contributed by atoms with van der Waals surface area (Å²) in [5.74, 6) is 0.809. The number of nitrogens with zero attached hydrogens (tertiary/aromatic N) is 1. The lowest BCUT2D eigenvalue weighted by Gasteiger charge is -2.19. The molecule has 0 aliphatic rings. The van der Waals surface area contributed by atoms with Gasteiger partial charge in [-0.25, -0.2) is 0 Å². The standard InChI is InChI=1S/C13H15Cl2N3/c1-13(2,3)16-12-7-11(17-18-12)8-4-5-9(14)10(15)6-8/h4-7H,1-3H3,(H2,16,17,18). The highest BCUT2D eigenvalue weighted by molar-refractivity contribution is 6.42. The summed E-state index contributed by atoms with van der Waals surface area (Å²) in [5.41, 5.74) is 1.84. The third kappa shape index (κ3) is 3.18. The van der Waals surface area contributed by atoms with E-state index >= 15 is 0 Å². The van der Waals surface area contributed by atoms with E-state index in [0.29, 0.717) is 10.0 Å². The highest BCUT2D eigenvalue weighted by Crippen LogP contribution is 2.28. The highest BCUT2D eigenvalue weighted by Gasteiger charge is 2.12. The summed E-state index contributed by atoms with van der Waals surface area (Å²) in [6.07, 6.45) is 0. The zero-order valence-corrected chi connectivity index (χ0v) is 12.0. The molecule has 1 heterocycles. The average Bonchev–Trinajstić information content (AvgIpc) is 2.68. The number of hydrogen-bond acceptors (Lipinski definition) is 2. The zero-order chi connectivity index (χ0) is 13.3. The van der Waals surface area contributed by atoms with Crippen LogP contribution in [0.2, 0.25) is 10.0 Å². The monoisotopic (exact) mass is 283 g/mol. The minimum atomic E-state index is -0.0237. The van der Waals surface area contributed by atoms with Crippen molar-refractivity contribution in [2.24, 2.45) is 0 Å². The van der Waals surface area contributed by atoms with Crippen LogP contribution in [-0.2, 0) is 0 Å². The summed E-state index contributed by atoms with van der Waals surface area (Å²) in [6.45, 7) is 6.25. The molecular formula is C13H15Cl2N3. The maximum Gasteiger partial charge on any atom is 0.148 e. The Kier molecular flexibility index (Phi) is 3.55. The van der Waals surface area contributed by atoms with E-state index in [1.807, 2.05) is 18.2 Å². The molecule has 18 heavy (non-hydrogen) atoms. The van der Waals surface area contributed by atoms with Crippen LogP contribution in [0.1, 0.15) is 20.8 Å². The van der Waals surface area contributed by atoms with Crippen LogP contribution in [0.25, 0.3) is 11.3 Å². The number of benzene rings is 1. The van der Waals surface area contributed by atoms with Crippen molar-refractivity contribution in [3.05, 3.63) is 34.3 Å². The molecule has 96 valence electrons. The minimum Gasteiger partial charge on any atom is -0.364 e. The Morgan fingerprint density at radius 1 is 1.11 bits per heavy atom. The molecule has 2 rings (SSSR count). The van der Waals surface area contributed by atoms with E-state index in [-0.39, 0.29) is 5.54 Å². The number of aromatic nitrogens is 2. The SMILES string of the molecule is CC(C)(C)Nc1cc(-c2ccc(Cl)c(Cl)c2)[nH]n1. The first-order valence-electron chi connectivity index (χ1n) is 5.64. The lowest BCUT2D eigenvalue weighted by molar-refractivity contribution is 0.630. The van der Waals surface area contributed by atoms with Crippen LogP contribution in [0, 0.1) is 0 Å². The van der Waals surface area contributed by atoms with Crippen LogP contribution >= 0.6 is 23.2 Å². The third-order valence-electron chi connectivity index (χ3n) is 2.31. The van der Waals surface area contributed by atoms with Gasteiger partial charge in [-0.05, 0) is 32.9 Å². The molecule has 0 bridgehead atoms. The zero-order valence-electron chi connectivity index (χ0n) is 10.5. The molecule has 0 radical (unpaired) electrons. The molecule has 1 aromatic heterocycles. The van der Waals surface area contributed by atoms with Gasteiger partial charge in [-0.15, -0.1) is 0 Å². The molecule has 0 saturated heterocycles. The lowest BCUT2D eigenvalue weighted by Crippen LogP contribution is -2.26. The smallest absolute Gasteiger partial charge is 0.148 e. The van der Waals surface area contributed by atoms with Gasteiger partial charge in [-0.3, -0.25) is 5.10 Å². The van der Waals surface area contributed by atoms with Gasteiger partial charge in [-0.1, -0.05) is 29.3 Å².